The molecular weight excluding hydrogens is 266 g/mol. The van der Waals surface area contributed by atoms with Gasteiger partial charge in [0.1, 0.15) is 6.04 Å². The lowest BCUT2D eigenvalue weighted by atomic mass is 10.0. The fraction of sp³-hybridized carbons (Fsp3) is 0.750. The van der Waals surface area contributed by atoms with E-state index in [-0.39, 0.29) is 17.7 Å². The normalized spacial score (nSPS) is 16.6. The predicted molar refractivity (Wildman–Crippen MR) is 84.8 cm³/mol. The minimum Gasteiger partial charge on any atom is -0.351 e. The van der Waals surface area contributed by atoms with Gasteiger partial charge < -0.3 is 16.0 Å². The van der Waals surface area contributed by atoms with Gasteiger partial charge >= 0.3 is 0 Å². The number of carbonyl (C=O) groups excluding carboxylic acids is 2. The van der Waals surface area contributed by atoms with Crippen molar-refractivity contribution >= 4 is 11.8 Å². The van der Waals surface area contributed by atoms with Gasteiger partial charge in [0.15, 0.2) is 0 Å². The van der Waals surface area contributed by atoms with Gasteiger partial charge in [-0.3, -0.25) is 9.59 Å². The van der Waals surface area contributed by atoms with Crippen molar-refractivity contribution in [3.8, 4) is 0 Å². The molecule has 0 saturated heterocycles. The molecule has 1 unspecified atom stereocenters. The monoisotopic (exact) mass is 295 g/mol. The summed E-state index contributed by atoms with van der Waals surface area (Å²) < 4.78 is 0. The highest BCUT2D eigenvalue weighted by atomic mass is 16.2. The second-order valence-electron chi connectivity index (χ2n) is 6.42. The third-order valence-electron chi connectivity index (χ3n) is 3.51. The van der Waals surface area contributed by atoms with Crippen LogP contribution >= 0.6 is 0 Å². The van der Waals surface area contributed by atoms with Crippen molar-refractivity contribution in [2.75, 3.05) is 19.6 Å². The van der Waals surface area contributed by atoms with Gasteiger partial charge in [0.05, 0.1) is 0 Å². The van der Waals surface area contributed by atoms with Gasteiger partial charge in [-0.05, 0) is 24.8 Å². The van der Waals surface area contributed by atoms with E-state index in [1.54, 1.807) is 0 Å². The summed E-state index contributed by atoms with van der Waals surface area (Å²) in [6.45, 7) is 10.3. The summed E-state index contributed by atoms with van der Waals surface area (Å²) in [4.78, 5) is 24.1. The molecule has 3 N–H and O–H groups in total. The predicted octanol–water partition coefficient (Wildman–Crippen LogP) is 1.21. The Morgan fingerprint density at radius 2 is 2.00 bits per heavy atom. The molecule has 0 radical (unpaired) electrons. The van der Waals surface area contributed by atoms with Crippen LogP contribution in [0.3, 0.4) is 0 Å². The average molecular weight is 295 g/mol. The zero-order chi connectivity index (χ0) is 15.8. The zero-order valence-electron chi connectivity index (χ0n) is 13.7. The summed E-state index contributed by atoms with van der Waals surface area (Å²) in [6, 6.07) is -0.460. The summed E-state index contributed by atoms with van der Waals surface area (Å²) in [5.41, 5.74) is 1.25. The lowest BCUT2D eigenvalue weighted by Gasteiger charge is -2.23. The molecule has 120 valence electrons. The van der Waals surface area contributed by atoms with E-state index in [4.69, 9.17) is 0 Å². The molecule has 0 fully saturated rings. The van der Waals surface area contributed by atoms with Crippen molar-refractivity contribution < 1.29 is 9.59 Å². The van der Waals surface area contributed by atoms with Crippen molar-refractivity contribution in [3.63, 3.8) is 0 Å². The molecule has 5 nitrogen and oxygen atoms in total. The Kier molecular flexibility index (Phi) is 7.43. The molecule has 1 atom stereocenters. The van der Waals surface area contributed by atoms with E-state index >= 15 is 0 Å². The van der Waals surface area contributed by atoms with E-state index in [1.165, 1.54) is 5.57 Å². The summed E-state index contributed by atoms with van der Waals surface area (Å²) in [5.74, 6) is 0.213. The van der Waals surface area contributed by atoms with Gasteiger partial charge in [-0.15, -0.1) is 0 Å². The van der Waals surface area contributed by atoms with E-state index in [9.17, 15) is 9.59 Å². The van der Waals surface area contributed by atoms with E-state index in [2.05, 4.69) is 22.0 Å². The van der Waals surface area contributed by atoms with Crippen molar-refractivity contribution in [2.24, 2.45) is 11.8 Å². The zero-order valence-corrected chi connectivity index (χ0v) is 13.7. The quantitative estimate of drug-likeness (QED) is 0.618. The van der Waals surface area contributed by atoms with Crippen LogP contribution in [0.1, 0.15) is 40.5 Å². The molecule has 1 aliphatic rings. The minimum atomic E-state index is -0.460. The first-order valence-electron chi connectivity index (χ1n) is 7.85. The Labute approximate surface area is 127 Å². The van der Waals surface area contributed by atoms with Gasteiger partial charge in [0.2, 0.25) is 11.8 Å². The van der Waals surface area contributed by atoms with Gasteiger partial charge in [-0.1, -0.05) is 39.3 Å². The first-order valence-corrected chi connectivity index (χ1v) is 7.85. The van der Waals surface area contributed by atoms with Crippen LogP contribution in [0.25, 0.3) is 0 Å². The first-order chi connectivity index (χ1) is 9.90. The number of hydrogen-bond acceptors (Lipinski definition) is 3. The highest BCUT2D eigenvalue weighted by Crippen LogP contribution is 2.07. The number of amides is 2. The first kappa shape index (κ1) is 17.7. The summed E-state index contributed by atoms with van der Waals surface area (Å²) in [5, 5.41) is 9.04. The Bertz CT molecular complexity index is 389. The van der Waals surface area contributed by atoms with Crippen LogP contribution in [-0.4, -0.2) is 37.5 Å². The van der Waals surface area contributed by atoms with Crippen molar-refractivity contribution in [1.82, 2.24) is 16.0 Å². The second-order valence-corrected chi connectivity index (χ2v) is 6.42. The fourth-order valence-electron chi connectivity index (χ4n) is 2.28. The van der Waals surface area contributed by atoms with Crippen LogP contribution in [0.4, 0.5) is 0 Å². The molecule has 0 aromatic carbocycles. The topological polar surface area (TPSA) is 70.2 Å². The highest BCUT2D eigenvalue weighted by molar-refractivity contribution is 5.88. The molecule has 0 bridgehead atoms. The van der Waals surface area contributed by atoms with Crippen molar-refractivity contribution in [1.29, 1.82) is 0 Å². The van der Waals surface area contributed by atoms with Crippen molar-refractivity contribution in [3.05, 3.63) is 11.6 Å². The summed E-state index contributed by atoms with van der Waals surface area (Å²) >= 11 is 0. The fourth-order valence-corrected chi connectivity index (χ4v) is 2.28. The highest BCUT2D eigenvalue weighted by Gasteiger charge is 2.24. The average Bonchev–Trinajstić information content (AvgIpc) is 2.42. The van der Waals surface area contributed by atoms with E-state index in [0.717, 1.165) is 19.5 Å². The van der Waals surface area contributed by atoms with Crippen LogP contribution in [0, 0.1) is 11.8 Å². The lowest BCUT2D eigenvalue weighted by molar-refractivity contribution is -0.130. The maximum atomic E-state index is 12.3. The van der Waals surface area contributed by atoms with Crippen LogP contribution in [0.15, 0.2) is 11.6 Å². The maximum Gasteiger partial charge on any atom is 0.243 e. The molecule has 1 rings (SSSR count). The van der Waals surface area contributed by atoms with Gasteiger partial charge in [-0.25, -0.2) is 0 Å². The maximum absolute atomic E-state index is 12.3. The van der Waals surface area contributed by atoms with Crippen LogP contribution in [-0.2, 0) is 9.59 Å². The Morgan fingerprint density at radius 3 is 2.52 bits per heavy atom. The smallest absolute Gasteiger partial charge is 0.243 e. The molecule has 0 spiro atoms. The molecule has 1 heterocycles. The molecule has 0 aromatic heterocycles. The Morgan fingerprint density at radius 1 is 1.29 bits per heavy atom. The van der Waals surface area contributed by atoms with Crippen LogP contribution < -0.4 is 16.0 Å². The summed E-state index contributed by atoms with van der Waals surface area (Å²) in [7, 11) is 0. The molecule has 5 heteroatoms. The number of carbonyl (C=O) groups is 2. The minimum absolute atomic E-state index is 0.0556. The van der Waals surface area contributed by atoms with Gasteiger partial charge in [-0.2, -0.15) is 0 Å². The standard InChI is InChI=1S/C16H29N3O2/c1-11(2)9-14(20)19-15(12(3)4)16(21)18-10-13-5-7-17-8-6-13/h5,11-12,15,17H,6-10H2,1-4H3,(H,18,21)(H,19,20). The van der Waals surface area contributed by atoms with Crippen LogP contribution in [0.5, 0.6) is 0 Å². The number of rotatable bonds is 7. The van der Waals surface area contributed by atoms with Crippen LogP contribution in [0.2, 0.25) is 0 Å². The lowest BCUT2D eigenvalue weighted by Crippen LogP contribution is -2.50. The SMILES string of the molecule is CC(C)CC(=O)NC(C(=O)NCC1=CCNCC1)C(C)C. The Balaban J connectivity index is 2.48. The summed E-state index contributed by atoms with van der Waals surface area (Å²) in [6.07, 6.45) is 3.53. The van der Waals surface area contributed by atoms with E-state index in [1.807, 2.05) is 27.7 Å². The van der Waals surface area contributed by atoms with Crippen molar-refractivity contribution in [2.45, 2.75) is 46.6 Å². The molecule has 0 aliphatic carbocycles. The third kappa shape index (κ3) is 6.76. The van der Waals surface area contributed by atoms with E-state index < -0.39 is 6.04 Å². The van der Waals surface area contributed by atoms with Gasteiger partial charge in [0.25, 0.3) is 0 Å². The second kappa shape index (κ2) is 8.82. The van der Waals surface area contributed by atoms with Gasteiger partial charge in [0, 0.05) is 19.5 Å². The Hall–Kier alpha value is -1.36. The molecular formula is C16H29N3O2. The molecule has 0 aromatic rings. The molecule has 0 saturated carbocycles. The molecule has 21 heavy (non-hydrogen) atoms. The third-order valence-corrected chi connectivity index (χ3v) is 3.51. The molecule has 2 amide bonds. The molecule has 1 aliphatic heterocycles. The van der Waals surface area contributed by atoms with E-state index in [0.29, 0.717) is 18.9 Å². The number of hydrogen-bond donors (Lipinski definition) is 3. The largest absolute Gasteiger partial charge is 0.351 e. The number of nitrogens with one attached hydrogen (secondary N) is 3.